The van der Waals surface area contributed by atoms with E-state index in [4.69, 9.17) is 5.26 Å². The van der Waals surface area contributed by atoms with Crippen molar-refractivity contribution in [2.75, 3.05) is 0 Å². The van der Waals surface area contributed by atoms with Crippen LogP contribution in [-0.4, -0.2) is 9.55 Å². The third kappa shape index (κ3) is 1.10. The van der Waals surface area contributed by atoms with Gasteiger partial charge in [-0.1, -0.05) is 0 Å². The molecule has 0 aliphatic heterocycles. The van der Waals surface area contributed by atoms with Gasteiger partial charge in [0.15, 0.2) is 0 Å². The van der Waals surface area contributed by atoms with E-state index >= 15 is 0 Å². The van der Waals surface area contributed by atoms with E-state index in [0.717, 1.165) is 0 Å². The molecule has 1 aromatic heterocycles. The molecule has 0 saturated heterocycles. The van der Waals surface area contributed by atoms with Crippen molar-refractivity contribution in [1.82, 2.24) is 9.55 Å². The minimum Gasteiger partial charge on any atom is -0.298 e. The second kappa shape index (κ2) is 2.78. The molecular formula is C8H9N3O. The molecular weight excluding hydrogens is 154 g/mol. The van der Waals surface area contributed by atoms with Crippen LogP contribution in [0.1, 0.15) is 17.0 Å². The molecule has 0 aromatic carbocycles. The first-order chi connectivity index (χ1) is 5.57. The Balaban J connectivity index is 3.66. The van der Waals surface area contributed by atoms with Crippen molar-refractivity contribution in [1.29, 1.82) is 5.26 Å². The lowest BCUT2D eigenvalue weighted by Crippen LogP contribution is -2.24. The number of hydrogen-bond donors (Lipinski definition) is 0. The predicted molar refractivity (Wildman–Crippen MR) is 43.7 cm³/mol. The molecule has 0 N–H and O–H groups in total. The van der Waals surface area contributed by atoms with E-state index in [1.54, 1.807) is 20.9 Å². The van der Waals surface area contributed by atoms with Crippen LogP contribution in [0.25, 0.3) is 0 Å². The number of aryl methyl sites for hydroxylation is 1. The molecule has 0 saturated carbocycles. The third-order valence-electron chi connectivity index (χ3n) is 1.89. The zero-order valence-corrected chi connectivity index (χ0v) is 7.25. The van der Waals surface area contributed by atoms with E-state index in [9.17, 15) is 4.79 Å². The molecule has 62 valence electrons. The number of aromatic nitrogens is 2. The van der Waals surface area contributed by atoms with Crippen molar-refractivity contribution < 1.29 is 0 Å². The Hall–Kier alpha value is -1.63. The number of hydrogen-bond acceptors (Lipinski definition) is 3. The topological polar surface area (TPSA) is 58.7 Å². The van der Waals surface area contributed by atoms with E-state index in [2.05, 4.69) is 4.98 Å². The third-order valence-corrected chi connectivity index (χ3v) is 1.89. The van der Waals surface area contributed by atoms with Gasteiger partial charge in [0.2, 0.25) is 0 Å². The lowest BCUT2D eigenvalue weighted by Gasteiger charge is -2.05. The van der Waals surface area contributed by atoms with Gasteiger partial charge >= 0.3 is 5.69 Å². The number of nitriles is 1. The lowest BCUT2D eigenvalue weighted by molar-refractivity contribution is 0.760. The van der Waals surface area contributed by atoms with Crippen LogP contribution in [0, 0.1) is 25.2 Å². The van der Waals surface area contributed by atoms with Gasteiger partial charge in [-0.3, -0.25) is 4.57 Å². The minimum absolute atomic E-state index is 0.316. The second-order valence-corrected chi connectivity index (χ2v) is 2.61. The van der Waals surface area contributed by atoms with Gasteiger partial charge in [0, 0.05) is 12.7 Å². The van der Waals surface area contributed by atoms with Crippen molar-refractivity contribution in [3.8, 4) is 6.07 Å². The van der Waals surface area contributed by atoms with Crippen molar-refractivity contribution in [3.05, 3.63) is 27.4 Å². The van der Waals surface area contributed by atoms with Crippen LogP contribution in [-0.2, 0) is 7.05 Å². The summed E-state index contributed by atoms with van der Waals surface area (Å²) in [6, 6.07) is 2.01. The van der Waals surface area contributed by atoms with Gasteiger partial charge in [-0.25, -0.2) is 4.79 Å². The van der Waals surface area contributed by atoms with Gasteiger partial charge in [-0.15, -0.1) is 0 Å². The lowest BCUT2D eigenvalue weighted by atomic mass is 10.2. The van der Waals surface area contributed by atoms with Gasteiger partial charge in [0.1, 0.15) is 6.07 Å². The molecule has 0 radical (unpaired) electrons. The summed E-state index contributed by atoms with van der Waals surface area (Å²) in [5.41, 5.74) is 1.33. The van der Waals surface area contributed by atoms with Crippen LogP contribution >= 0.6 is 0 Å². The smallest absolute Gasteiger partial charge is 0.298 e. The molecule has 0 spiro atoms. The van der Waals surface area contributed by atoms with Crippen LogP contribution < -0.4 is 5.69 Å². The van der Waals surface area contributed by atoms with Crippen LogP contribution in [0.5, 0.6) is 0 Å². The Labute approximate surface area is 70.1 Å². The average molecular weight is 163 g/mol. The fourth-order valence-electron chi connectivity index (χ4n) is 1.01. The van der Waals surface area contributed by atoms with Gasteiger partial charge in [0.05, 0.1) is 11.3 Å². The molecule has 0 amide bonds. The standard InChI is InChI=1S/C8H9N3O/c1-5-7(4-9)6(2)11(3)8(12)10-5/h1-3H3. The zero-order chi connectivity index (χ0) is 9.30. The maximum atomic E-state index is 11.1. The SMILES string of the molecule is Cc1nc(=O)n(C)c(C)c1C#N. The fourth-order valence-corrected chi connectivity index (χ4v) is 1.01. The Morgan fingerprint density at radius 3 is 2.58 bits per heavy atom. The maximum Gasteiger partial charge on any atom is 0.347 e. The monoisotopic (exact) mass is 163 g/mol. The normalized spacial score (nSPS) is 9.50. The Bertz CT molecular complexity index is 412. The molecule has 0 atom stereocenters. The van der Waals surface area contributed by atoms with E-state index in [1.165, 1.54) is 4.57 Å². The molecule has 0 aliphatic carbocycles. The maximum absolute atomic E-state index is 11.1. The van der Waals surface area contributed by atoms with Crippen LogP contribution in [0.4, 0.5) is 0 Å². The summed E-state index contributed by atoms with van der Waals surface area (Å²) in [5, 5.41) is 8.71. The highest BCUT2D eigenvalue weighted by molar-refractivity contribution is 5.35. The highest BCUT2D eigenvalue weighted by atomic mass is 16.1. The van der Waals surface area contributed by atoms with E-state index in [0.29, 0.717) is 17.0 Å². The van der Waals surface area contributed by atoms with E-state index in [-0.39, 0.29) is 5.69 Å². The molecule has 0 bridgehead atoms. The first kappa shape index (κ1) is 8.47. The average Bonchev–Trinajstić information content (AvgIpc) is 2.01. The summed E-state index contributed by atoms with van der Waals surface area (Å²) in [5.74, 6) is 0. The first-order valence-corrected chi connectivity index (χ1v) is 3.52. The quantitative estimate of drug-likeness (QED) is 0.551. The molecule has 0 fully saturated rings. The summed E-state index contributed by atoms with van der Waals surface area (Å²) >= 11 is 0. The highest BCUT2D eigenvalue weighted by Gasteiger charge is 2.06. The predicted octanol–water partition coefficient (Wildman–Crippen LogP) is 0.269. The molecule has 4 nitrogen and oxygen atoms in total. The van der Waals surface area contributed by atoms with Crippen LogP contribution in [0.2, 0.25) is 0 Å². The van der Waals surface area contributed by atoms with Crippen LogP contribution in [0.3, 0.4) is 0 Å². The summed E-state index contributed by atoms with van der Waals surface area (Å²) in [7, 11) is 1.60. The molecule has 4 heteroatoms. The first-order valence-electron chi connectivity index (χ1n) is 3.52. The van der Waals surface area contributed by atoms with Crippen molar-refractivity contribution >= 4 is 0 Å². The highest BCUT2D eigenvalue weighted by Crippen LogP contribution is 2.05. The molecule has 1 rings (SSSR count). The Kier molecular flexibility index (Phi) is 1.96. The van der Waals surface area contributed by atoms with E-state index in [1.807, 2.05) is 6.07 Å². The van der Waals surface area contributed by atoms with Crippen molar-refractivity contribution in [3.63, 3.8) is 0 Å². The molecule has 0 aliphatic rings. The molecule has 0 unspecified atom stereocenters. The number of nitrogens with zero attached hydrogens (tertiary/aromatic N) is 3. The Morgan fingerprint density at radius 1 is 1.50 bits per heavy atom. The van der Waals surface area contributed by atoms with Crippen molar-refractivity contribution in [2.45, 2.75) is 13.8 Å². The second-order valence-electron chi connectivity index (χ2n) is 2.61. The zero-order valence-electron chi connectivity index (χ0n) is 7.25. The molecule has 1 heterocycles. The largest absolute Gasteiger partial charge is 0.347 e. The van der Waals surface area contributed by atoms with E-state index < -0.39 is 0 Å². The molecule has 12 heavy (non-hydrogen) atoms. The summed E-state index contributed by atoms with van der Waals surface area (Å²) in [4.78, 5) is 14.8. The fraction of sp³-hybridized carbons (Fsp3) is 0.375. The van der Waals surface area contributed by atoms with Crippen LogP contribution in [0.15, 0.2) is 4.79 Å². The Morgan fingerprint density at radius 2 is 2.08 bits per heavy atom. The number of rotatable bonds is 0. The van der Waals surface area contributed by atoms with Gasteiger partial charge in [-0.05, 0) is 13.8 Å². The minimum atomic E-state index is -0.316. The van der Waals surface area contributed by atoms with Gasteiger partial charge < -0.3 is 0 Å². The summed E-state index contributed by atoms with van der Waals surface area (Å²) in [6.07, 6.45) is 0. The molecule has 1 aromatic rings. The summed E-state index contributed by atoms with van der Waals surface area (Å²) < 4.78 is 1.37. The van der Waals surface area contributed by atoms with Gasteiger partial charge in [0.25, 0.3) is 0 Å². The summed E-state index contributed by atoms with van der Waals surface area (Å²) in [6.45, 7) is 3.39. The van der Waals surface area contributed by atoms with Gasteiger partial charge in [-0.2, -0.15) is 10.2 Å². The van der Waals surface area contributed by atoms with Crippen molar-refractivity contribution in [2.24, 2.45) is 7.05 Å².